The number of hydrogen-bond donors (Lipinski definition) is 1. The second-order valence-corrected chi connectivity index (χ2v) is 9.13. The lowest BCUT2D eigenvalue weighted by Crippen LogP contribution is -2.57. The van der Waals surface area contributed by atoms with Crippen molar-refractivity contribution in [3.63, 3.8) is 0 Å². The zero-order chi connectivity index (χ0) is 24.4. The number of piperazine rings is 1. The van der Waals surface area contributed by atoms with Crippen LogP contribution < -0.4 is 5.32 Å². The molecule has 1 N–H and O–H groups in total. The summed E-state index contributed by atoms with van der Waals surface area (Å²) in [6.45, 7) is 5.30. The van der Waals surface area contributed by atoms with E-state index in [0.29, 0.717) is 42.2 Å². The van der Waals surface area contributed by atoms with E-state index in [4.69, 9.17) is 16.3 Å². The number of nitrogens with one attached hydrogen (secondary N) is 1. The van der Waals surface area contributed by atoms with Gasteiger partial charge < -0.3 is 15.0 Å². The van der Waals surface area contributed by atoms with Gasteiger partial charge in [0.25, 0.3) is 5.91 Å². The number of hydrogen-bond acceptors (Lipinski definition) is 6. The second kappa shape index (κ2) is 9.95. The van der Waals surface area contributed by atoms with E-state index in [2.05, 4.69) is 10.4 Å². The SMILES string of the molecule is COC(=O)c1cc(Cl)c2cc(-c3ccccc3)c(C(=O)N3CCNCC3C(=O)CC(C)C)nn12. The quantitative estimate of drug-likeness (QED) is 0.541. The zero-order valence-electron chi connectivity index (χ0n) is 19.4. The zero-order valence-corrected chi connectivity index (χ0v) is 20.1. The molecule has 34 heavy (non-hydrogen) atoms. The third-order valence-corrected chi connectivity index (χ3v) is 6.17. The molecule has 0 bridgehead atoms. The number of carbonyl (C=O) groups excluding carboxylic acids is 3. The lowest BCUT2D eigenvalue weighted by Gasteiger charge is -2.35. The van der Waals surface area contributed by atoms with Crippen LogP contribution in [0.25, 0.3) is 16.6 Å². The van der Waals surface area contributed by atoms with Crippen LogP contribution in [0.15, 0.2) is 42.5 Å². The fourth-order valence-electron chi connectivity index (χ4n) is 4.24. The maximum Gasteiger partial charge on any atom is 0.356 e. The fraction of sp³-hybridized carbons (Fsp3) is 0.360. The number of aromatic nitrogens is 2. The van der Waals surface area contributed by atoms with E-state index in [1.54, 1.807) is 11.0 Å². The van der Waals surface area contributed by atoms with E-state index in [-0.39, 0.29) is 29.0 Å². The van der Waals surface area contributed by atoms with Gasteiger partial charge in [0.05, 0.1) is 17.6 Å². The fourth-order valence-corrected chi connectivity index (χ4v) is 4.48. The molecule has 1 aliphatic heterocycles. The van der Waals surface area contributed by atoms with E-state index >= 15 is 0 Å². The van der Waals surface area contributed by atoms with Crippen LogP contribution in [0.3, 0.4) is 0 Å². The van der Waals surface area contributed by atoms with Crippen molar-refractivity contribution in [1.29, 1.82) is 0 Å². The Labute approximate surface area is 202 Å². The van der Waals surface area contributed by atoms with Crippen LogP contribution in [0, 0.1) is 5.92 Å². The van der Waals surface area contributed by atoms with Crippen molar-refractivity contribution >= 4 is 34.8 Å². The number of Topliss-reactive ketones (excluding diaryl/α,β-unsaturated/α-hetero) is 1. The first-order valence-corrected chi connectivity index (χ1v) is 11.6. The van der Waals surface area contributed by atoms with Crippen LogP contribution in [0.4, 0.5) is 0 Å². The standard InChI is InChI=1S/C25H27ClN4O4/c1-15(2)11-22(31)21-14-27-9-10-29(21)24(32)23-17(16-7-5-4-6-8-16)12-19-18(26)13-20(25(33)34-3)30(19)28-23/h4-8,12-13,15,21,27H,9-11,14H2,1-3H3. The van der Waals surface area contributed by atoms with Gasteiger partial charge >= 0.3 is 5.97 Å². The monoisotopic (exact) mass is 482 g/mol. The number of esters is 1. The molecular formula is C25H27ClN4O4. The Kier molecular flexibility index (Phi) is 7.00. The summed E-state index contributed by atoms with van der Waals surface area (Å²) in [4.78, 5) is 40.8. The number of halogens is 1. The predicted octanol–water partition coefficient (Wildman–Crippen LogP) is 3.47. The molecule has 0 aliphatic carbocycles. The molecule has 1 saturated heterocycles. The highest BCUT2D eigenvalue weighted by Crippen LogP contribution is 2.30. The highest BCUT2D eigenvalue weighted by Gasteiger charge is 2.35. The van der Waals surface area contributed by atoms with Gasteiger partial charge in [-0.05, 0) is 23.6 Å². The maximum absolute atomic E-state index is 13.9. The third-order valence-electron chi connectivity index (χ3n) is 5.87. The van der Waals surface area contributed by atoms with Gasteiger partial charge in [-0.25, -0.2) is 9.31 Å². The smallest absolute Gasteiger partial charge is 0.356 e. The Morgan fingerprint density at radius 1 is 1.21 bits per heavy atom. The van der Waals surface area contributed by atoms with Gasteiger partial charge in [0.2, 0.25) is 0 Å². The number of ether oxygens (including phenoxy) is 1. The molecule has 178 valence electrons. The van der Waals surface area contributed by atoms with Crippen LogP contribution in [0.2, 0.25) is 5.02 Å². The summed E-state index contributed by atoms with van der Waals surface area (Å²) in [7, 11) is 1.27. The Morgan fingerprint density at radius 2 is 1.94 bits per heavy atom. The molecule has 3 aromatic rings. The average Bonchev–Trinajstić information content (AvgIpc) is 3.18. The molecule has 4 rings (SSSR count). The molecule has 1 unspecified atom stereocenters. The minimum absolute atomic E-state index is 0.0112. The van der Waals surface area contributed by atoms with Crippen molar-refractivity contribution in [2.24, 2.45) is 5.92 Å². The van der Waals surface area contributed by atoms with Crippen molar-refractivity contribution in [3.8, 4) is 11.1 Å². The number of rotatable bonds is 6. The Morgan fingerprint density at radius 3 is 2.62 bits per heavy atom. The molecule has 1 fully saturated rings. The molecule has 3 heterocycles. The van der Waals surface area contributed by atoms with Gasteiger partial charge in [0.15, 0.2) is 17.2 Å². The minimum atomic E-state index is -0.618. The van der Waals surface area contributed by atoms with Crippen LogP contribution in [-0.4, -0.2) is 65.0 Å². The first-order chi connectivity index (χ1) is 16.3. The molecule has 2 aromatic heterocycles. The van der Waals surface area contributed by atoms with Crippen molar-refractivity contribution in [3.05, 3.63) is 58.9 Å². The second-order valence-electron chi connectivity index (χ2n) is 8.72. The van der Waals surface area contributed by atoms with Crippen LogP contribution in [0.5, 0.6) is 0 Å². The topological polar surface area (TPSA) is 93.0 Å². The Balaban J connectivity index is 1.87. The summed E-state index contributed by atoms with van der Waals surface area (Å²) in [5, 5.41) is 8.11. The number of methoxy groups -OCH3 is 1. The van der Waals surface area contributed by atoms with E-state index in [9.17, 15) is 14.4 Å². The van der Waals surface area contributed by atoms with E-state index < -0.39 is 12.0 Å². The highest BCUT2D eigenvalue weighted by molar-refractivity contribution is 6.34. The molecular weight excluding hydrogens is 456 g/mol. The molecule has 0 radical (unpaired) electrons. The molecule has 1 amide bonds. The number of amides is 1. The summed E-state index contributed by atoms with van der Waals surface area (Å²) in [5.74, 6) is -0.792. The number of carbonyl (C=O) groups is 3. The third kappa shape index (κ3) is 4.56. The van der Waals surface area contributed by atoms with Gasteiger partial charge in [-0.2, -0.15) is 5.10 Å². The first-order valence-electron chi connectivity index (χ1n) is 11.2. The van der Waals surface area contributed by atoms with Crippen molar-refractivity contribution < 1.29 is 19.1 Å². The number of nitrogens with zero attached hydrogens (tertiary/aromatic N) is 3. The van der Waals surface area contributed by atoms with Crippen molar-refractivity contribution in [2.75, 3.05) is 26.7 Å². The molecule has 8 nitrogen and oxygen atoms in total. The summed E-state index contributed by atoms with van der Waals surface area (Å²) in [6, 6.07) is 12.0. The normalized spacial score (nSPS) is 16.1. The molecule has 9 heteroatoms. The molecule has 0 saturated carbocycles. The van der Waals surface area contributed by atoms with Crippen LogP contribution in [0.1, 0.15) is 41.2 Å². The number of fused-ring (bicyclic) bond motifs is 1. The van der Waals surface area contributed by atoms with Crippen molar-refractivity contribution in [2.45, 2.75) is 26.3 Å². The van der Waals surface area contributed by atoms with Gasteiger partial charge in [0.1, 0.15) is 6.04 Å². The molecule has 1 aliphatic rings. The molecule has 1 aromatic carbocycles. The van der Waals surface area contributed by atoms with E-state index in [1.807, 2.05) is 44.2 Å². The molecule has 0 spiro atoms. The van der Waals surface area contributed by atoms with Gasteiger partial charge in [-0.3, -0.25) is 9.59 Å². The predicted molar refractivity (Wildman–Crippen MR) is 129 cm³/mol. The van der Waals surface area contributed by atoms with E-state index in [0.717, 1.165) is 5.56 Å². The first kappa shape index (κ1) is 23.9. The lowest BCUT2D eigenvalue weighted by atomic mass is 9.98. The average molecular weight is 483 g/mol. The summed E-state index contributed by atoms with van der Waals surface area (Å²) in [6.07, 6.45) is 0.383. The summed E-state index contributed by atoms with van der Waals surface area (Å²) >= 11 is 6.42. The van der Waals surface area contributed by atoms with Gasteiger partial charge in [0, 0.05) is 31.6 Å². The lowest BCUT2D eigenvalue weighted by molar-refractivity contribution is -0.124. The summed E-state index contributed by atoms with van der Waals surface area (Å²) in [5.41, 5.74) is 2.08. The Hall–Kier alpha value is -3.23. The minimum Gasteiger partial charge on any atom is -0.464 e. The molecule has 1 atom stereocenters. The van der Waals surface area contributed by atoms with Crippen LogP contribution in [-0.2, 0) is 9.53 Å². The highest BCUT2D eigenvalue weighted by atomic mass is 35.5. The number of ketones is 1. The number of benzene rings is 1. The largest absolute Gasteiger partial charge is 0.464 e. The summed E-state index contributed by atoms with van der Waals surface area (Å²) < 4.78 is 6.20. The Bertz CT molecular complexity index is 1240. The van der Waals surface area contributed by atoms with Crippen LogP contribution >= 0.6 is 11.6 Å². The van der Waals surface area contributed by atoms with Gasteiger partial charge in [-0.1, -0.05) is 55.8 Å². The van der Waals surface area contributed by atoms with Crippen molar-refractivity contribution in [1.82, 2.24) is 19.8 Å². The maximum atomic E-state index is 13.9. The van der Waals surface area contributed by atoms with E-state index in [1.165, 1.54) is 17.7 Å². The van der Waals surface area contributed by atoms with Gasteiger partial charge in [-0.15, -0.1) is 0 Å².